The fraction of sp³-hybridized carbons (Fsp3) is 0.571. The van der Waals surface area contributed by atoms with Gasteiger partial charge in [0.15, 0.2) is 9.84 Å². The predicted molar refractivity (Wildman–Crippen MR) is 74.3 cm³/mol. The molecule has 1 aliphatic heterocycles. The van der Waals surface area contributed by atoms with Gasteiger partial charge in [-0.05, 0) is 43.0 Å². The molecule has 20 heavy (non-hydrogen) atoms. The van der Waals surface area contributed by atoms with E-state index in [0.717, 1.165) is 6.07 Å². The highest BCUT2D eigenvalue weighted by molar-refractivity contribution is 7.91. The lowest BCUT2D eigenvalue weighted by atomic mass is 9.93. The summed E-state index contributed by atoms with van der Waals surface area (Å²) >= 11 is 0. The van der Waals surface area contributed by atoms with Crippen LogP contribution in [0.25, 0.3) is 0 Å². The van der Waals surface area contributed by atoms with E-state index in [0.29, 0.717) is 24.9 Å². The van der Waals surface area contributed by atoms with Gasteiger partial charge in [0.2, 0.25) is 0 Å². The minimum absolute atomic E-state index is 0.00581. The lowest BCUT2D eigenvalue weighted by Gasteiger charge is -2.23. The van der Waals surface area contributed by atoms with Gasteiger partial charge in [0.1, 0.15) is 11.6 Å². The number of nitrogens with one attached hydrogen (secondary N) is 1. The van der Waals surface area contributed by atoms with Crippen LogP contribution in [0.15, 0.2) is 18.2 Å². The van der Waals surface area contributed by atoms with Crippen LogP contribution in [-0.2, 0) is 16.3 Å². The Bertz CT molecular complexity index is 554. The fourth-order valence-corrected chi connectivity index (χ4v) is 4.67. The minimum Gasteiger partial charge on any atom is -0.314 e. The Hall–Kier alpha value is -1.01. The Morgan fingerprint density at radius 1 is 1.30 bits per heavy atom. The molecule has 0 radical (unpaired) electrons. The molecule has 6 heteroatoms. The molecule has 2 atom stereocenters. The molecule has 2 unspecified atom stereocenters. The fourth-order valence-electron chi connectivity index (χ4n) is 2.79. The molecular weight excluding hydrogens is 284 g/mol. The third kappa shape index (κ3) is 3.99. The molecule has 0 aliphatic carbocycles. The Kier molecular flexibility index (Phi) is 4.75. The number of rotatable bonds is 5. The van der Waals surface area contributed by atoms with E-state index in [1.165, 1.54) is 12.1 Å². The van der Waals surface area contributed by atoms with E-state index < -0.39 is 21.5 Å². The molecule has 1 heterocycles. The molecule has 0 amide bonds. The summed E-state index contributed by atoms with van der Waals surface area (Å²) in [5.74, 6) is -0.839. The second-order valence-electron chi connectivity index (χ2n) is 5.31. The number of benzene rings is 1. The summed E-state index contributed by atoms with van der Waals surface area (Å²) in [6, 6.07) is 3.37. The summed E-state index contributed by atoms with van der Waals surface area (Å²) < 4.78 is 49.5. The summed E-state index contributed by atoms with van der Waals surface area (Å²) in [4.78, 5) is 0. The van der Waals surface area contributed by atoms with Crippen molar-refractivity contribution in [3.63, 3.8) is 0 Å². The first-order valence-corrected chi connectivity index (χ1v) is 8.60. The average Bonchev–Trinajstić information content (AvgIpc) is 2.68. The molecule has 0 saturated carbocycles. The maximum Gasteiger partial charge on any atom is 0.150 e. The highest BCUT2D eigenvalue weighted by Crippen LogP contribution is 2.24. The lowest BCUT2D eigenvalue weighted by Crippen LogP contribution is -2.38. The van der Waals surface area contributed by atoms with Crippen molar-refractivity contribution in [2.45, 2.75) is 25.8 Å². The highest BCUT2D eigenvalue weighted by Gasteiger charge is 2.33. The van der Waals surface area contributed by atoms with Crippen LogP contribution >= 0.6 is 0 Å². The minimum atomic E-state index is -2.96. The van der Waals surface area contributed by atoms with Crippen molar-refractivity contribution in [1.82, 2.24) is 5.32 Å². The summed E-state index contributed by atoms with van der Waals surface area (Å²) in [7, 11) is -2.96. The molecule has 1 aromatic carbocycles. The average molecular weight is 303 g/mol. The van der Waals surface area contributed by atoms with Crippen LogP contribution < -0.4 is 5.32 Å². The van der Waals surface area contributed by atoms with Crippen LogP contribution in [0.4, 0.5) is 8.78 Å². The van der Waals surface area contributed by atoms with Gasteiger partial charge in [0, 0.05) is 12.1 Å². The maximum absolute atomic E-state index is 13.2. The molecule has 3 nitrogen and oxygen atoms in total. The van der Waals surface area contributed by atoms with Crippen LogP contribution in [0, 0.1) is 17.6 Å². The van der Waals surface area contributed by atoms with E-state index >= 15 is 0 Å². The van der Waals surface area contributed by atoms with E-state index in [1.807, 2.05) is 6.92 Å². The largest absolute Gasteiger partial charge is 0.314 e. The number of likely N-dealkylation sites (N-methyl/N-ethyl adjacent to an activating group) is 1. The van der Waals surface area contributed by atoms with Gasteiger partial charge in [-0.3, -0.25) is 0 Å². The molecule has 1 aliphatic rings. The molecule has 1 saturated heterocycles. The van der Waals surface area contributed by atoms with Crippen LogP contribution in [0.2, 0.25) is 0 Å². The van der Waals surface area contributed by atoms with Gasteiger partial charge in [0.25, 0.3) is 0 Å². The first-order valence-electron chi connectivity index (χ1n) is 6.78. The van der Waals surface area contributed by atoms with Crippen molar-refractivity contribution in [3.8, 4) is 0 Å². The van der Waals surface area contributed by atoms with Gasteiger partial charge in [-0.15, -0.1) is 0 Å². The van der Waals surface area contributed by atoms with E-state index in [2.05, 4.69) is 5.32 Å². The van der Waals surface area contributed by atoms with Crippen LogP contribution in [-0.4, -0.2) is 32.5 Å². The van der Waals surface area contributed by atoms with E-state index in [1.54, 1.807) is 0 Å². The normalized spacial score (nSPS) is 22.9. The van der Waals surface area contributed by atoms with E-state index in [9.17, 15) is 17.2 Å². The van der Waals surface area contributed by atoms with Crippen LogP contribution in [0.1, 0.15) is 18.9 Å². The summed E-state index contributed by atoms with van der Waals surface area (Å²) in [5.41, 5.74) is 0.553. The molecule has 1 N–H and O–H groups in total. The Labute approximate surface area is 118 Å². The van der Waals surface area contributed by atoms with Gasteiger partial charge in [0.05, 0.1) is 11.5 Å². The number of sulfone groups is 1. The second-order valence-corrected chi connectivity index (χ2v) is 7.54. The van der Waals surface area contributed by atoms with Crippen molar-refractivity contribution in [2.75, 3.05) is 18.1 Å². The zero-order chi connectivity index (χ0) is 14.8. The van der Waals surface area contributed by atoms with Gasteiger partial charge >= 0.3 is 0 Å². The van der Waals surface area contributed by atoms with Gasteiger partial charge in [-0.1, -0.05) is 6.92 Å². The van der Waals surface area contributed by atoms with Crippen molar-refractivity contribution in [3.05, 3.63) is 35.4 Å². The van der Waals surface area contributed by atoms with Crippen molar-refractivity contribution in [2.24, 2.45) is 5.92 Å². The zero-order valence-electron chi connectivity index (χ0n) is 11.4. The van der Waals surface area contributed by atoms with Crippen LogP contribution in [0.5, 0.6) is 0 Å². The highest BCUT2D eigenvalue weighted by atomic mass is 32.2. The first kappa shape index (κ1) is 15.4. The third-order valence-electron chi connectivity index (χ3n) is 3.68. The van der Waals surface area contributed by atoms with Gasteiger partial charge in [-0.25, -0.2) is 17.2 Å². The molecular formula is C14H19F2NO2S. The van der Waals surface area contributed by atoms with E-state index in [4.69, 9.17) is 0 Å². The number of halogens is 2. The Balaban J connectivity index is 2.13. The van der Waals surface area contributed by atoms with E-state index in [-0.39, 0.29) is 23.5 Å². The van der Waals surface area contributed by atoms with Crippen molar-refractivity contribution < 1.29 is 17.2 Å². The standard InChI is InChI=1S/C14H19F2NO2S/c1-2-17-14(11-3-4-20(18,19)9-11)7-10-5-12(15)8-13(16)6-10/h5-6,8,11,14,17H,2-4,7,9H2,1H3. The predicted octanol–water partition coefficient (Wildman–Crippen LogP) is 1.92. The maximum atomic E-state index is 13.2. The Morgan fingerprint density at radius 3 is 2.45 bits per heavy atom. The third-order valence-corrected chi connectivity index (χ3v) is 5.47. The summed E-state index contributed by atoms with van der Waals surface area (Å²) in [5, 5.41) is 3.24. The quantitative estimate of drug-likeness (QED) is 0.904. The molecule has 2 rings (SSSR count). The Morgan fingerprint density at radius 2 is 1.95 bits per heavy atom. The molecule has 0 bridgehead atoms. The molecule has 1 fully saturated rings. The zero-order valence-corrected chi connectivity index (χ0v) is 12.2. The lowest BCUT2D eigenvalue weighted by molar-refractivity contribution is 0.385. The molecule has 0 spiro atoms. The molecule has 0 aromatic heterocycles. The van der Waals surface area contributed by atoms with Crippen molar-refractivity contribution >= 4 is 9.84 Å². The first-order chi connectivity index (χ1) is 9.39. The monoisotopic (exact) mass is 303 g/mol. The molecule has 112 valence electrons. The van der Waals surface area contributed by atoms with Gasteiger partial charge < -0.3 is 5.32 Å². The second kappa shape index (κ2) is 6.18. The summed E-state index contributed by atoms with van der Waals surface area (Å²) in [6.07, 6.45) is 1.04. The molecule has 1 aromatic rings. The SMILES string of the molecule is CCNC(Cc1cc(F)cc(F)c1)C1CCS(=O)(=O)C1. The van der Waals surface area contributed by atoms with Crippen molar-refractivity contribution in [1.29, 1.82) is 0 Å². The van der Waals surface area contributed by atoms with Gasteiger partial charge in [-0.2, -0.15) is 0 Å². The smallest absolute Gasteiger partial charge is 0.150 e. The van der Waals surface area contributed by atoms with Crippen LogP contribution in [0.3, 0.4) is 0 Å². The topological polar surface area (TPSA) is 46.2 Å². The summed E-state index contributed by atoms with van der Waals surface area (Å²) in [6.45, 7) is 2.63. The number of hydrogen-bond acceptors (Lipinski definition) is 3. The number of hydrogen-bond donors (Lipinski definition) is 1.